The van der Waals surface area contributed by atoms with Crippen LogP contribution in [-0.2, 0) is 29.3 Å². The topological polar surface area (TPSA) is 110 Å². The van der Waals surface area contributed by atoms with Crippen LogP contribution < -0.4 is 10.1 Å². The van der Waals surface area contributed by atoms with Gasteiger partial charge < -0.3 is 19.7 Å². The van der Waals surface area contributed by atoms with E-state index < -0.39 is 21.8 Å². The number of benzene rings is 2. The van der Waals surface area contributed by atoms with E-state index in [0.29, 0.717) is 28.9 Å². The Morgan fingerprint density at radius 3 is 2.44 bits per heavy atom. The van der Waals surface area contributed by atoms with E-state index in [0.717, 1.165) is 11.6 Å². The first-order valence-corrected chi connectivity index (χ1v) is 13.1. The molecule has 4 aromatic rings. The van der Waals surface area contributed by atoms with Gasteiger partial charge in [0, 0.05) is 43.8 Å². The molecule has 0 unspecified atom stereocenters. The zero-order valence-electron chi connectivity index (χ0n) is 21.1. The molecule has 2 aromatic carbocycles. The van der Waals surface area contributed by atoms with Crippen molar-refractivity contribution >= 4 is 21.5 Å². The Balaban J connectivity index is 1.67. The van der Waals surface area contributed by atoms with Gasteiger partial charge in [0.15, 0.2) is 0 Å². The number of rotatable bonds is 10. The van der Waals surface area contributed by atoms with Gasteiger partial charge in [-0.1, -0.05) is 12.1 Å². The number of methoxy groups -OCH3 is 1. The molecule has 0 spiro atoms. The molecule has 0 radical (unpaired) electrons. The van der Waals surface area contributed by atoms with Gasteiger partial charge in [-0.15, -0.1) is 0 Å². The fraction of sp³-hybridized carbons (Fsp3) is 0.231. The third-order valence-corrected chi connectivity index (χ3v) is 7.68. The maximum Gasteiger partial charge on any atom is 0.417 e. The molecule has 0 amide bonds. The minimum Gasteiger partial charge on any atom is -0.497 e. The predicted octanol–water partition coefficient (Wildman–Crippen LogP) is 4.53. The molecule has 0 aliphatic heterocycles. The molecule has 4 rings (SSSR count). The van der Waals surface area contributed by atoms with Gasteiger partial charge in [0.2, 0.25) is 10.0 Å². The number of hydrogen-bond acceptors (Lipinski definition) is 7. The third-order valence-electron chi connectivity index (χ3n) is 5.88. The van der Waals surface area contributed by atoms with Crippen LogP contribution in [0.3, 0.4) is 0 Å². The minimum atomic E-state index is -4.52. The molecule has 39 heavy (non-hydrogen) atoms. The fourth-order valence-corrected chi connectivity index (χ4v) is 4.95. The van der Waals surface area contributed by atoms with Gasteiger partial charge in [0.1, 0.15) is 11.6 Å². The number of imidazole rings is 1. The third kappa shape index (κ3) is 6.56. The lowest BCUT2D eigenvalue weighted by atomic mass is 10.1. The lowest BCUT2D eigenvalue weighted by Gasteiger charge is -2.19. The molecule has 0 fully saturated rings. The quantitative estimate of drug-likeness (QED) is 0.293. The molecule has 2 heterocycles. The standard InChI is InChI=1S/C26H26F3N5O4S/c1-33(15-18-3-6-20(38-2)7-4-18)39(36,37)21-8-9-23(22(13-21)24-16-34(11-12-35)17-31-24)32-25-10-5-19(14-30-25)26(27,28)29/h3-10,13-14,16-17,35H,11-12,15H2,1-2H3,(H,30,32). The second kappa shape index (κ2) is 11.4. The highest BCUT2D eigenvalue weighted by Crippen LogP contribution is 2.34. The number of alkyl halides is 3. The van der Waals surface area contributed by atoms with Gasteiger partial charge in [-0.2, -0.15) is 17.5 Å². The normalized spacial score (nSPS) is 12.1. The van der Waals surface area contributed by atoms with E-state index >= 15 is 0 Å². The molecular formula is C26H26F3N5O4S. The van der Waals surface area contributed by atoms with E-state index in [1.54, 1.807) is 42.1 Å². The first-order chi connectivity index (χ1) is 18.5. The Labute approximate surface area is 223 Å². The summed E-state index contributed by atoms with van der Waals surface area (Å²) in [5.74, 6) is 0.784. The van der Waals surface area contributed by atoms with Gasteiger partial charge in [-0.05, 0) is 48.0 Å². The molecule has 13 heteroatoms. The number of nitrogens with zero attached hydrogens (tertiary/aromatic N) is 4. The number of nitrogens with one attached hydrogen (secondary N) is 1. The number of hydrogen-bond donors (Lipinski definition) is 2. The Bertz CT molecular complexity index is 1520. The summed E-state index contributed by atoms with van der Waals surface area (Å²) >= 11 is 0. The number of aliphatic hydroxyl groups excluding tert-OH is 1. The van der Waals surface area contributed by atoms with Crippen molar-refractivity contribution in [2.75, 3.05) is 26.1 Å². The summed E-state index contributed by atoms with van der Waals surface area (Å²) in [6, 6.07) is 13.5. The van der Waals surface area contributed by atoms with Crippen LogP contribution in [0.25, 0.3) is 11.3 Å². The van der Waals surface area contributed by atoms with Crippen molar-refractivity contribution in [2.45, 2.75) is 24.2 Å². The zero-order chi connectivity index (χ0) is 28.2. The van der Waals surface area contributed by atoms with Crippen molar-refractivity contribution in [1.29, 1.82) is 0 Å². The van der Waals surface area contributed by atoms with Crippen molar-refractivity contribution in [1.82, 2.24) is 18.8 Å². The van der Waals surface area contributed by atoms with Gasteiger partial charge in [-0.25, -0.2) is 18.4 Å². The summed E-state index contributed by atoms with van der Waals surface area (Å²) in [7, 11) is -0.930. The number of halogens is 3. The molecule has 2 aromatic heterocycles. The lowest BCUT2D eigenvalue weighted by molar-refractivity contribution is -0.137. The molecule has 9 nitrogen and oxygen atoms in total. The predicted molar refractivity (Wildman–Crippen MR) is 139 cm³/mol. The zero-order valence-corrected chi connectivity index (χ0v) is 21.9. The van der Waals surface area contributed by atoms with Crippen LogP contribution in [0.1, 0.15) is 11.1 Å². The van der Waals surface area contributed by atoms with Crippen LogP contribution in [0.2, 0.25) is 0 Å². The van der Waals surface area contributed by atoms with Gasteiger partial charge in [0.05, 0.1) is 36.2 Å². The highest BCUT2D eigenvalue weighted by Gasteiger charge is 2.30. The highest BCUT2D eigenvalue weighted by atomic mass is 32.2. The number of pyridine rings is 1. The first-order valence-electron chi connectivity index (χ1n) is 11.7. The minimum absolute atomic E-state index is 0.00357. The van der Waals surface area contributed by atoms with E-state index in [9.17, 15) is 26.7 Å². The van der Waals surface area contributed by atoms with E-state index in [1.165, 1.54) is 41.9 Å². The molecule has 0 saturated heterocycles. The Hall–Kier alpha value is -3.94. The molecule has 206 valence electrons. The first kappa shape index (κ1) is 28.1. The Morgan fingerprint density at radius 2 is 1.82 bits per heavy atom. The summed E-state index contributed by atoms with van der Waals surface area (Å²) in [5.41, 5.74) is 1.03. The smallest absolute Gasteiger partial charge is 0.417 e. The summed E-state index contributed by atoms with van der Waals surface area (Å²) in [6.45, 7) is 0.266. The average molecular weight is 562 g/mol. The van der Waals surface area contributed by atoms with Crippen molar-refractivity contribution in [2.24, 2.45) is 0 Å². The monoisotopic (exact) mass is 561 g/mol. The maximum atomic E-state index is 13.5. The molecule has 0 bridgehead atoms. The molecule has 0 aliphatic rings. The molecular weight excluding hydrogens is 535 g/mol. The molecule has 0 aliphatic carbocycles. The van der Waals surface area contributed by atoms with Gasteiger partial charge in [-0.3, -0.25) is 0 Å². The van der Waals surface area contributed by atoms with Crippen molar-refractivity contribution in [3.8, 4) is 17.0 Å². The van der Waals surface area contributed by atoms with Crippen molar-refractivity contribution < 1.29 is 31.4 Å². The van der Waals surface area contributed by atoms with Crippen LogP contribution in [0.4, 0.5) is 24.7 Å². The second-order valence-corrected chi connectivity index (χ2v) is 10.6. The van der Waals surface area contributed by atoms with Crippen LogP contribution >= 0.6 is 0 Å². The number of anilines is 2. The Morgan fingerprint density at radius 1 is 1.08 bits per heavy atom. The molecule has 0 atom stereocenters. The van der Waals surface area contributed by atoms with Crippen LogP contribution in [-0.4, -0.2) is 53.1 Å². The van der Waals surface area contributed by atoms with Crippen molar-refractivity contribution in [3.63, 3.8) is 0 Å². The van der Waals surface area contributed by atoms with E-state index in [1.807, 2.05) is 0 Å². The van der Waals surface area contributed by atoms with Crippen LogP contribution in [0.15, 0.2) is 78.2 Å². The number of sulfonamides is 1. The SMILES string of the molecule is COc1ccc(CN(C)S(=O)(=O)c2ccc(Nc3ccc(C(F)(F)F)cn3)c(-c3cn(CCO)cn3)c2)cc1. The van der Waals surface area contributed by atoms with Gasteiger partial charge >= 0.3 is 6.18 Å². The van der Waals surface area contributed by atoms with Crippen molar-refractivity contribution in [3.05, 3.63) is 84.4 Å². The van der Waals surface area contributed by atoms with E-state index in [2.05, 4.69) is 15.3 Å². The van der Waals surface area contributed by atoms with Gasteiger partial charge in [0.25, 0.3) is 0 Å². The summed E-state index contributed by atoms with van der Waals surface area (Å²) in [4.78, 5) is 8.17. The second-order valence-electron chi connectivity index (χ2n) is 8.59. The fourth-order valence-electron chi connectivity index (χ4n) is 3.77. The van der Waals surface area contributed by atoms with E-state index in [4.69, 9.17) is 4.74 Å². The molecule has 2 N–H and O–H groups in total. The summed E-state index contributed by atoms with van der Waals surface area (Å²) in [5, 5.41) is 12.2. The van der Waals surface area contributed by atoms with E-state index in [-0.39, 0.29) is 30.4 Å². The largest absolute Gasteiger partial charge is 0.497 e. The van der Waals surface area contributed by atoms with Crippen LogP contribution in [0, 0.1) is 0 Å². The summed E-state index contributed by atoms with van der Waals surface area (Å²) < 4.78 is 73.7. The Kier molecular flexibility index (Phi) is 8.23. The lowest BCUT2D eigenvalue weighted by Crippen LogP contribution is -2.26. The maximum absolute atomic E-state index is 13.5. The van der Waals surface area contributed by atoms with Crippen LogP contribution in [0.5, 0.6) is 5.75 Å². The number of aromatic nitrogens is 3. The highest BCUT2D eigenvalue weighted by molar-refractivity contribution is 7.89. The summed E-state index contributed by atoms with van der Waals surface area (Å²) in [6.07, 6.45) is -0.688. The number of aliphatic hydroxyl groups is 1. The number of ether oxygens (including phenoxy) is 1. The average Bonchev–Trinajstić information content (AvgIpc) is 3.37. The molecule has 0 saturated carbocycles.